The second kappa shape index (κ2) is 2.97. The molecule has 2 rings (SSSR count). The Balaban J connectivity index is 2.23. The summed E-state index contributed by atoms with van der Waals surface area (Å²) in [7, 11) is 1.68. The van der Waals surface area contributed by atoms with E-state index < -0.39 is 12.1 Å². The van der Waals surface area contributed by atoms with Crippen LogP contribution in [0.4, 0.5) is 4.79 Å². The summed E-state index contributed by atoms with van der Waals surface area (Å²) in [4.78, 5) is 36.9. The van der Waals surface area contributed by atoms with E-state index >= 15 is 0 Å². The van der Waals surface area contributed by atoms with E-state index in [1.165, 1.54) is 4.90 Å². The number of carbonyl (C=O) groups is 3. The minimum Gasteiger partial charge on any atom is -0.342 e. The van der Waals surface area contributed by atoms with Crippen molar-refractivity contribution in [1.82, 2.24) is 15.1 Å². The Morgan fingerprint density at radius 1 is 1.29 bits per heavy atom. The van der Waals surface area contributed by atoms with Gasteiger partial charge in [-0.05, 0) is 0 Å². The molecule has 0 aromatic rings. The highest BCUT2D eigenvalue weighted by molar-refractivity contribution is 6.02. The zero-order valence-electron chi connectivity index (χ0n) is 7.82. The van der Waals surface area contributed by atoms with Crippen LogP contribution in [-0.4, -0.2) is 53.8 Å². The summed E-state index contributed by atoms with van der Waals surface area (Å²) in [6.07, 6.45) is 0.0783. The standard InChI is InChI=1S/C8H11N3O3/c1-10-2-3-11-5(7(10)13)4-6(12)9-8(11)14/h5H,2-4H2,1H3,(H,9,12,14). The van der Waals surface area contributed by atoms with E-state index in [1.54, 1.807) is 11.9 Å². The molecule has 0 saturated carbocycles. The molecule has 2 fully saturated rings. The van der Waals surface area contributed by atoms with Crippen LogP contribution in [0.1, 0.15) is 6.42 Å². The third kappa shape index (κ3) is 1.23. The molecule has 2 aliphatic rings. The normalized spacial score (nSPS) is 27.5. The van der Waals surface area contributed by atoms with Gasteiger partial charge in [0.2, 0.25) is 11.8 Å². The maximum absolute atomic E-state index is 11.6. The zero-order chi connectivity index (χ0) is 10.3. The Labute approximate surface area is 80.8 Å². The lowest BCUT2D eigenvalue weighted by Crippen LogP contribution is -2.64. The zero-order valence-corrected chi connectivity index (χ0v) is 7.82. The van der Waals surface area contributed by atoms with E-state index in [0.717, 1.165) is 0 Å². The van der Waals surface area contributed by atoms with Crippen LogP contribution < -0.4 is 5.32 Å². The smallest absolute Gasteiger partial charge is 0.324 e. The Morgan fingerprint density at radius 3 is 2.71 bits per heavy atom. The summed E-state index contributed by atoms with van der Waals surface area (Å²) in [5, 5.41) is 2.19. The van der Waals surface area contributed by atoms with Crippen LogP contribution in [0.25, 0.3) is 0 Å². The van der Waals surface area contributed by atoms with Crippen LogP contribution in [0.3, 0.4) is 0 Å². The number of likely N-dealkylation sites (N-methyl/N-ethyl adjacent to an activating group) is 1. The number of piperazine rings is 1. The number of fused-ring (bicyclic) bond motifs is 1. The first-order valence-corrected chi connectivity index (χ1v) is 4.45. The molecule has 0 aromatic heterocycles. The topological polar surface area (TPSA) is 69.7 Å². The maximum atomic E-state index is 11.6. The van der Waals surface area contributed by atoms with Gasteiger partial charge in [-0.1, -0.05) is 0 Å². The molecule has 6 nitrogen and oxygen atoms in total. The lowest BCUT2D eigenvalue weighted by molar-refractivity contribution is -0.142. The number of rotatable bonds is 0. The minimum absolute atomic E-state index is 0.0783. The van der Waals surface area contributed by atoms with Crippen molar-refractivity contribution in [3.05, 3.63) is 0 Å². The second-order valence-corrected chi connectivity index (χ2v) is 3.53. The first-order valence-electron chi connectivity index (χ1n) is 4.45. The fourth-order valence-electron chi connectivity index (χ4n) is 1.77. The number of carbonyl (C=O) groups excluding carboxylic acids is 3. The van der Waals surface area contributed by atoms with Crippen LogP contribution >= 0.6 is 0 Å². The van der Waals surface area contributed by atoms with Crippen LogP contribution in [0, 0.1) is 0 Å². The van der Waals surface area contributed by atoms with Crippen LogP contribution in [0.15, 0.2) is 0 Å². The molecule has 0 bridgehead atoms. The Kier molecular flexibility index (Phi) is 1.90. The molecule has 0 radical (unpaired) electrons. The monoisotopic (exact) mass is 197 g/mol. The van der Waals surface area contributed by atoms with Crippen molar-refractivity contribution in [2.75, 3.05) is 20.1 Å². The first-order chi connectivity index (χ1) is 6.59. The van der Waals surface area contributed by atoms with E-state index in [0.29, 0.717) is 13.1 Å². The average Bonchev–Trinajstić information content (AvgIpc) is 2.12. The van der Waals surface area contributed by atoms with E-state index in [-0.39, 0.29) is 18.2 Å². The lowest BCUT2D eigenvalue weighted by Gasteiger charge is -2.40. The van der Waals surface area contributed by atoms with Gasteiger partial charge in [0.15, 0.2) is 0 Å². The molecule has 2 saturated heterocycles. The SMILES string of the molecule is CN1CCN2C(=O)NC(=O)CC2C1=O. The molecule has 0 aromatic carbocycles. The summed E-state index contributed by atoms with van der Waals surface area (Å²) >= 11 is 0. The Morgan fingerprint density at radius 2 is 2.00 bits per heavy atom. The molecule has 4 amide bonds. The molecular formula is C8H11N3O3. The highest BCUT2D eigenvalue weighted by atomic mass is 16.2. The quantitative estimate of drug-likeness (QED) is 0.528. The molecule has 2 heterocycles. The van der Waals surface area contributed by atoms with Crippen molar-refractivity contribution in [2.45, 2.75) is 12.5 Å². The van der Waals surface area contributed by atoms with Gasteiger partial charge in [-0.3, -0.25) is 14.9 Å². The number of hydrogen-bond donors (Lipinski definition) is 1. The van der Waals surface area contributed by atoms with Crippen molar-refractivity contribution in [3.8, 4) is 0 Å². The summed E-state index contributed by atoms with van der Waals surface area (Å²) < 4.78 is 0. The highest BCUT2D eigenvalue weighted by Gasteiger charge is 2.41. The molecule has 76 valence electrons. The van der Waals surface area contributed by atoms with Crippen molar-refractivity contribution in [2.24, 2.45) is 0 Å². The number of imide groups is 1. The number of nitrogens with zero attached hydrogens (tertiary/aromatic N) is 2. The lowest BCUT2D eigenvalue weighted by atomic mass is 10.1. The number of amides is 4. The van der Waals surface area contributed by atoms with E-state index in [1.807, 2.05) is 0 Å². The highest BCUT2D eigenvalue weighted by Crippen LogP contribution is 2.16. The Bertz CT molecular complexity index is 315. The largest absolute Gasteiger partial charge is 0.342 e. The molecule has 2 aliphatic heterocycles. The van der Waals surface area contributed by atoms with Crippen LogP contribution in [0.2, 0.25) is 0 Å². The van der Waals surface area contributed by atoms with Gasteiger partial charge in [-0.15, -0.1) is 0 Å². The number of nitrogens with one attached hydrogen (secondary N) is 1. The molecular weight excluding hydrogens is 186 g/mol. The van der Waals surface area contributed by atoms with E-state index in [9.17, 15) is 14.4 Å². The van der Waals surface area contributed by atoms with Gasteiger partial charge in [0.25, 0.3) is 0 Å². The minimum atomic E-state index is -0.588. The van der Waals surface area contributed by atoms with Gasteiger partial charge in [-0.2, -0.15) is 0 Å². The summed E-state index contributed by atoms with van der Waals surface area (Å²) in [6.45, 7) is 1.02. The fourth-order valence-corrected chi connectivity index (χ4v) is 1.77. The van der Waals surface area contributed by atoms with Crippen LogP contribution in [0.5, 0.6) is 0 Å². The van der Waals surface area contributed by atoms with Gasteiger partial charge in [0.1, 0.15) is 6.04 Å². The summed E-state index contributed by atoms with van der Waals surface area (Å²) in [5.41, 5.74) is 0. The first kappa shape index (κ1) is 8.98. The van der Waals surface area contributed by atoms with Gasteiger partial charge in [-0.25, -0.2) is 4.79 Å². The molecule has 14 heavy (non-hydrogen) atoms. The number of urea groups is 1. The predicted molar refractivity (Wildman–Crippen MR) is 46.3 cm³/mol. The van der Waals surface area contributed by atoms with Gasteiger partial charge < -0.3 is 9.80 Å². The van der Waals surface area contributed by atoms with Gasteiger partial charge >= 0.3 is 6.03 Å². The molecule has 1 N–H and O–H groups in total. The maximum Gasteiger partial charge on any atom is 0.324 e. The molecule has 0 aliphatic carbocycles. The van der Waals surface area contributed by atoms with Crippen molar-refractivity contribution < 1.29 is 14.4 Å². The average molecular weight is 197 g/mol. The second-order valence-electron chi connectivity index (χ2n) is 3.53. The summed E-state index contributed by atoms with van der Waals surface area (Å²) in [6, 6.07) is -1.04. The van der Waals surface area contributed by atoms with Crippen molar-refractivity contribution in [1.29, 1.82) is 0 Å². The molecule has 0 spiro atoms. The predicted octanol–water partition coefficient (Wildman–Crippen LogP) is -1.23. The fraction of sp³-hybridized carbons (Fsp3) is 0.625. The number of hydrogen-bond acceptors (Lipinski definition) is 3. The molecule has 1 unspecified atom stereocenters. The van der Waals surface area contributed by atoms with Gasteiger partial charge in [0.05, 0.1) is 6.42 Å². The van der Waals surface area contributed by atoms with Crippen molar-refractivity contribution in [3.63, 3.8) is 0 Å². The Hall–Kier alpha value is -1.59. The van der Waals surface area contributed by atoms with E-state index in [4.69, 9.17) is 0 Å². The van der Waals surface area contributed by atoms with Crippen molar-refractivity contribution >= 4 is 17.8 Å². The molecule has 1 atom stereocenters. The van der Waals surface area contributed by atoms with Gasteiger partial charge in [0, 0.05) is 20.1 Å². The van der Waals surface area contributed by atoms with Crippen LogP contribution in [-0.2, 0) is 9.59 Å². The third-order valence-corrected chi connectivity index (χ3v) is 2.60. The van der Waals surface area contributed by atoms with E-state index in [2.05, 4.69) is 5.32 Å². The third-order valence-electron chi connectivity index (χ3n) is 2.60. The summed E-state index contributed by atoms with van der Waals surface area (Å²) in [5.74, 6) is -0.528. The molecule has 6 heteroatoms.